The average Bonchev–Trinajstić information content (AvgIpc) is 3.21. The molecule has 2 aliphatic heterocycles. The topological polar surface area (TPSA) is 115 Å². The lowest BCUT2D eigenvalue weighted by molar-refractivity contribution is -0.121. The fourth-order valence-corrected chi connectivity index (χ4v) is 3.74. The van der Waals surface area contributed by atoms with Gasteiger partial charge in [-0.05, 0) is 45.8 Å². The minimum atomic E-state index is -0.576. The average molecular weight is 400 g/mol. The molecule has 0 saturated carbocycles. The highest BCUT2D eigenvalue weighted by molar-refractivity contribution is 6.30. The van der Waals surface area contributed by atoms with E-state index >= 15 is 0 Å². The number of nitrogens with zero attached hydrogens (tertiary/aromatic N) is 2. The molecule has 4 amide bonds. The van der Waals surface area contributed by atoms with Gasteiger partial charge in [0, 0.05) is 24.3 Å². The maximum atomic E-state index is 12.1. The molecule has 146 valence electrons. The number of benzene rings is 3. The molecule has 2 heterocycles. The standard InChI is InChI=1S/C22H12N2O6/c25-17-7-11-1-2-12-8-18(26)16(24-21(29)5-6-22(24)30)10-14(12)13(11)9-15(17)23-19(27)3-4-20(23)28/h1-10,25-26H. The van der Waals surface area contributed by atoms with Crippen LogP contribution in [0.2, 0.25) is 0 Å². The molecule has 0 bridgehead atoms. The fraction of sp³-hybridized carbons (Fsp3) is 0. The summed E-state index contributed by atoms with van der Waals surface area (Å²) in [6.45, 7) is 0. The largest absolute Gasteiger partial charge is 0.506 e. The van der Waals surface area contributed by atoms with Crippen LogP contribution in [0.25, 0.3) is 21.5 Å². The van der Waals surface area contributed by atoms with Crippen LogP contribution < -0.4 is 9.80 Å². The number of amides is 4. The minimum Gasteiger partial charge on any atom is -0.506 e. The Kier molecular flexibility index (Phi) is 3.54. The maximum Gasteiger partial charge on any atom is 0.258 e. The Hall–Kier alpha value is -4.46. The molecule has 0 aromatic heterocycles. The molecule has 0 radical (unpaired) electrons. The van der Waals surface area contributed by atoms with Gasteiger partial charge in [-0.2, -0.15) is 0 Å². The van der Waals surface area contributed by atoms with Gasteiger partial charge in [-0.25, -0.2) is 9.80 Å². The van der Waals surface area contributed by atoms with Crippen molar-refractivity contribution in [1.29, 1.82) is 0 Å². The molecule has 30 heavy (non-hydrogen) atoms. The van der Waals surface area contributed by atoms with Crippen LogP contribution >= 0.6 is 0 Å². The first kappa shape index (κ1) is 17.6. The van der Waals surface area contributed by atoms with Crippen LogP contribution in [0.4, 0.5) is 11.4 Å². The van der Waals surface area contributed by atoms with Crippen LogP contribution in [0, 0.1) is 0 Å². The Labute approximate surface area is 168 Å². The highest BCUT2D eigenvalue weighted by Crippen LogP contribution is 2.40. The Morgan fingerprint density at radius 2 is 0.867 bits per heavy atom. The molecule has 2 aliphatic rings. The monoisotopic (exact) mass is 400 g/mol. The van der Waals surface area contributed by atoms with E-state index in [2.05, 4.69) is 0 Å². The summed E-state index contributed by atoms with van der Waals surface area (Å²) in [6, 6.07) is 9.23. The zero-order valence-electron chi connectivity index (χ0n) is 15.2. The molecular formula is C22H12N2O6. The molecule has 8 nitrogen and oxygen atoms in total. The number of fused-ring (bicyclic) bond motifs is 3. The lowest BCUT2D eigenvalue weighted by atomic mass is 9.99. The minimum absolute atomic E-state index is 0.0135. The van der Waals surface area contributed by atoms with Gasteiger partial charge in [-0.3, -0.25) is 19.2 Å². The van der Waals surface area contributed by atoms with Crippen molar-refractivity contribution in [2.24, 2.45) is 0 Å². The van der Waals surface area contributed by atoms with Crippen LogP contribution in [0.15, 0.2) is 60.7 Å². The third kappa shape index (κ3) is 2.40. The van der Waals surface area contributed by atoms with Gasteiger partial charge >= 0.3 is 0 Å². The van der Waals surface area contributed by atoms with Crippen molar-refractivity contribution in [3.63, 3.8) is 0 Å². The molecule has 3 aromatic rings. The van der Waals surface area contributed by atoms with Crippen LogP contribution in [0.1, 0.15) is 0 Å². The highest BCUT2D eigenvalue weighted by Gasteiger charge is 2.29. The highest BCUT2D eigenvalue weighted by atomic mass is 16.3. The van der Waals surface area contributed by atoms with Gasteiger partial charge in [-0.15, -0.1) is 0 Å². The number of aromatic hydroxyl groups is 2. The Balaban J connectivity index is 1.78. The second-order valence-corrected chi connectivity index (χ2v) is 6.88. The summed E-state index contributed by atoms with van der Waals surface area (Å²) in [5.41, 5.74) is 0.0271. The zero-order valence-corrected chi connectivity index (χ0v) is 15.2. The van der Waals surface area contributed by atoms with Crippen molar-refractivity contribution in [2.75, 3.05) is 9.80 Å². The van der Waals surface area contributed by atoms with Gasteiger partial charge in [0.25, 0.3) is 23.6 Å². The Morgan fingerprint density at radius 3 is 1.20 bits per heavy atom. The van der Waals surface area contributed by atoms with E-state index in [-0.39, 0.29) is 22.9 Å². The number of anilines is 2. The first-order valence-electron chi connectivity index (χ1n) is 8.90. The van der Waals surface area contributed by atoms with Gasteiger partial charge in [0.1, 0.15) is 11.5 Å². The van der Waals surface area contributed by atoms with Gasteiger partial charge in [0.2, 0.25) is 0 Å². The van der Waals surface area contributed by atoms with Crippen molar-refractivity contribution in [3.8, 4) is 11.5 Å². The number of rotatable bonds is 2. The van der Waals surface area contributed by atoms with Gasteiger partial charge in [-0.1, -0.05) is 12.1 Å². The Bertz CT molecular complexity index is 1260. The first-order valence-corrected chi connectivity index (χ1v) is 8.90. The molecular weight excluding hydrogens is 388 g/mol. The summed E-state index contributed by atoms with van der Waals surface area (Å²) >= 11 is 0. The van der Waals surface area contributed by atoms with Crippen LogP contribution in [-0.2, 0) is 19.2 Å². The van der Waals surface area contributed by atoms with E-state index in [1.54, 1.807) is 12.1 Å². The molecule has 8 heteroatoms. The third-order valence-electron chi connectivity index (χ3n) is 5.13. The first-order chi connectivity index (χ1) is 14.3. The molecule has 0 atom stereocenters. The smallest absolute Gasteiger partial charge is 0.258 e. The molecule has 5 rings (SSSR count). The SMILES string of the molecule is O=C1C=CC(=O)N1c1cc2c(ccc3cc(O)c(N4C(=O)C=CC4=O)cc32)cc1O. The maximum absolute atomic E-state index is 12.1. The summed E-state index contributed by atoms with van der Waals surface area (Å²) in [6.07, 6.45) is 4.46. The number of carbonyl (C=O) groups excluding carboxylic acids is 4. The number of hydrogen-bond donors (Lipinski definition) is 2. The number of carbonyl (C=O) groups is 4. The van der Waals surface area contributed by atoms with E-state index in [1.807, 2.05) is 0 Å². The predicted octanol–water partition coefficient (Wildman–Crippen LogP) is 2.26. The van der Waals surface area contributed by atoms with Crippen LogP contribution in [0.5, 0.6) is 11.5 Å². The lowest BCUT2D eigenvalue weighted by Gasteiger charge is -2.19. The van der Waals surface area contributed by atoms with E-state index in [9.17, 15) is 29.4 Å². The van der Waals surface area contributed by atoms with Crippen LogP contribution in [0.3, 0.4) is 0 Å². The van der Waals surface area contributed by atoms with Gasteiger partial charge in [0.05, 0.1) is 11.4 Å². The molecule has 2 N–H and O–H groups in total. The van der Waals surface area contributed by atoms with Crippen molar-refractivity contribution >= 4 is 56.5 Å². The quantitative estimate of drug-likeness (QED) is 0.504. The number of phenols is 2. The second kappa shape index (κ2) is 6.02. The van der Waals surface area contributed by atoms with E-state index in [0.717, 1.165) is 34.1 Å². The van der Waals surface area contributed by atoms with Crippen molar-refractivity contribution in [3.05, 3.63) is 60.7 Å². The summed E-state index contributed by atoms with van der Waals surface area (Å²) in [4.78, 5) is 50.0. The Morgan fingerprint density at radius 1 is 0.533 bits per heavy atom. The normalized spacial score (nSPS) is 16.1. The van der Waals surface area contributed by atoms with Crippen molar-refractivity contribution in [1.82, 2.24) is 0 Å². The summed E-state index contributed by atoms with van der Waals surface area (Å²) < 4.78 is 0. The molecule has 0 aliphatic carbocycles. The second-order valence-electron chi connectivity index (χ2n) is 6.88. The van der Waals surface area contributed by atoms with E-state index < -0.39 is 23.6 Å². The molecule has 0 fully saturated rings. The number of imide groups is 2. The predicted molar refractivity (Wildman–Crippen MR) is 108 cm³/mol. The van der Waals surface area contributed by atoms with Crippen molar-refractivity contribution < 1.29 is 29.4 Å². The van der Waals surface area contributed by atoms with E-state index in [4.69, 9.17) is 0 Å². The molecule has 3 aromatic carbocycles. The van der Waals surface area contributed by atoms with Crippen molar-refractivity contribution in [2.45, 2.75) is 0 Å². The number of hydrogen-bond acceptors (Lipinski definition) is 6. The van der Waals surface area contributed by atoms with Gasteiger partial charge < -0.3 is 10.2 Å². The summed E-state index contributed by atoms with van der Waals surface area (Å²) in [5.74, 6) is -2.80. The number of phenolic OH excluding ortho intramolecular Hbond substituents is 2. The van der Waals surface area contributed by atoms with Gasteiger partial charge in [0.15, 0.2) is 0 Å². The van der Waals surface area contributed by atoms with Crippen LogP contribution in [-0.4, -0.2) is 33.8 Å². The third-order valence-corrected chi connectivity index (χ3v) is 5.13. The molecule has 0 spiro atoms. The molecule has 0 unspecified atom stereocenters. The zero-order chi connectivity index (χ0) is 21.2. The summed E-state index contributed by atoms with van der Waals surface area (Å²) in [7, 11) is 0. The molecule has 0 saturated heterocycles. The fourth-order valence-electron chi connectivity index (χ4n) is 3.74. The van der Waals surface area contributed by atoms with E-state index in [1.165, 1.54) is 24.3 Å². The van der Waals surface area contributed by atoms with E-state index in [0.29, 0.717) is 21.5 Å². The lowest BCUT2D eigenvalue weighted by Crippen LogP contribution is -2.29. The summed E-state index contributed by atoms with van der Waals surface area (Å²) in [5, 5.41) is 23.1.